The summed E-state index contributed by atoms with van der Waals surface area (Å²) >= 11 is 0. The molecule has 0 fully saturated rings. The topological polar surface area (TPSA) is 105 Å². The lowest BCUT2D eigenvalue weighted by atomic mass is 10.0. The van der Waals surface area contributed by atoms with E-state index in [-0.39, 0.29) is 24.8 Å². The third-order valence-corrected chi connectivity index (χ3v) is 3.09. The van der Waals surface area contributed by atoms with Gasteiger partial charge in [0.15, 0.2) is 0 Å². The zero-order valence-electron chi connectivity index (χ0n) is 13.1. The van der Waals surface area contributed by atoms with E-state index in [2.05, 4.69) is 15.4 Å². The standard InChI is InChI=1S/C14H26N2O5/c1-5-10(7-12(17)18)8-15-14(20)16-11(6-9(2)3)13(19)21-4/h9-11H,5-8H2,1-4H3,(H,17,18)(H2,15,16,20). The number of rotatable bonds is 9. The fraction of sp³-hybridized carbons (Fsp3) is 0.786. The third kappa shape index (κ3) is 8.88. The predicted molar refractivity (Wildman–Crippen MR) is 77.8 cm³/mol. The largest absolute Gasteiger partial charge is 0.481 e. The number of carbonyl (C=O) groups is 3. The Hall–Kier alpha value is -1.79. The first-order valence-electron chi connectivity index (χ1n) is 7.14. The molecule has 0 aromatic rings. The van der Waals surface area contributed by atoms with Crippen molar-refractivity contribution in [3.8, 4) is 0 Å². The van der Waals surface area contributed by atoms with E-state index in [1.165, 1.54) is 7.11 Å². The molecule has 0 aliphatic rings. The lowest BCUT2D eigenvalue weighted by Crippen LogP contribution is -2.48. The molecule has 0 bridgehead atoms. The molecule has 7 heteroatoms. The summed E-state index contributed by atoms with van der Waals surface area (Å²) < 4.78 is 4.65. The third-order valence-electron chi connectivity index (χ3n) is 3.09. The SMILES string of the molecule is CCC(CNC(=O)NC(CC(C)C)C(=O)OC)CC(=O)O. The first-order valence-corrected chi connectivity index (χ1v) is 7.14. The number of esters is 1. The van der Waals surface area contributed by atoms with E-state index in [1.54, 1.807) is 0 Å². The van der Waals surface area contributed by atoms with Gasteiger partial charge in [0.2, 0.25) is 0 Å². The Balaban J connectivity index is 4.36. The van der Waals surface area contributed by atoms with Crippen molar-refractivity contribution in [1.29, 1.82) is 0 Å². The molecule has 2 amide bonds. The Kier molecular flexibility index (Phi) is 9.16. The van der Waals surface area contributed by atoms with E-state index in [4.69, 9.17) is 5.11 Å². The summed E-state index contributed by atoms with van der Waals surface area (Å²) in [6.45, 7) is 6.00. The molecule has 0 aliphatic carbocycles. The Morgan fingerprint density at radius 2 is 1.86 bits per heavy atom. The molecular formula is C14H26N2O5. The predicted octanol–water partition coefficient (Wildman–Crippen LogP) is 1.37. The summed E-state index contributed by atoms with van der Waals surface area (Å²) in [5.41, 5.74) is 0. The number of carboxylic acid groups (broad SMARTS) is 1. The van der Waals surface area contributed by atoms with Crippen LogP contribution in [0.2, 0.25) is 0 Å². The maximum atomic E-state index is 11.8. The van der Waals surface area contributed by atoms with E-state index >= 15 is 0 Å². The number of hydrogen-bond acceptors (Lipinski definition) is 4. The minimum absolute atomic E-state index is 0.00318. The van der Waals surface area contributed by atoms with E-state index in [0.29, 0.717) is 12.8 Å². The smallest absolute Gasteiger partial charge is 0.328 e. The summed E-state index contributed by atoms with van der Waals surface area (Å²) in [6.07, 6.45) is 1.13. The first-order chi connectivity index (χ1) is 9.79. The molecular weight excluding hydrogens is 276 g/mol. The van der Waals surface area contributed by atoms with E-state index in [0.717, 1.165) is 0 Å². The summed E-state index contributed by atoms with van der Waals surface area (Å²) in [7, 11) is 1.27. The van der Waals surface area contributed by atoms with Gasteiger partial charge in [0.25, 0.3) is 0 Å². The highest BCUT2D eigenvalue weighted by Gasteiger charge is 2.22. The van der Waals surface area contributed by atoms with E-state index in [1.807, 2.05) is 20.8 Å². The summed E-state index contributed by atoms with van der Waals surface area (Å²) in [5, 5.41) is 13.9. The van der Waals surface area contributed by atoms with Gasteiger partial charge in [0, 0.05) is 13.0 Å². The maximum Gasteiger partial charge on any atom is 0.328 e. The van der Waals surface area contributed by atoms with Crippen LogP contribution >= 0.6 is 0 Å². The van der Waals surface area contributed by atoms with Crippen LogP contribution in [0.25, 0.3) is 0 Å². The Bertz CT molecular complexity index is 357. The number of hydrogen-bond donors (Lipinski definition) is 3. The molecule has 0 saturated heterocycles. The number of urea groups is 1. The Morgan fingerprint density at radius 3 is 2.29 bits per heavy atom. The van der Waals surface area contributed by atoms with Gasteiger partial charge in [-0.05, 0) is 18.3 Å². The number of methoxy groups -OCH3 is 1. The zero-order valence-corrected chi connectivity index (χ0v) is 13.1. The fourth-order valence-corrected chi connectivity index (χ4v) is 1.88. The molecule has 0 radical (unpaired) electrons. The molecule has 0 aromatic heterocycles. The highest BCUT2D eigenvalue weighted by atomic mass is 16.5. The Labute approximate surface area is 125 Å². The van der Waals surface area contributed by atoms with Gasteiger partial charge in [0.05, 0.1) is 7.11 Å². The van der Waals surface area contributed by atoms with Crippen LogP contribution in [0, 0.1) is 11.8 Å². The zero-order chi connectivity index (χ0) is 16.4. The molecule has 2 unspecified atom stereocenters. The van der Waals surface area contributed by atoms with Gasteiger partial charge in [0.1, 0.15) is 6.04 Å². The van der Waals surface area contributed by atoms with Crippen LogP contribution in [0.1, 0.15) is 40.0 Å². The quantitative estimate of drug-likeness (QED) is 0.558. The van der Waals surface area contributed by atoms with Crippen LogP contribution in [0.4, 0.5) is 4.79 Å². The fourth-order valence-electron chi connectivity index (χ4n) is 1.88. The number of nitrogens with one attached hydrogen (secondary N) is 2. The van der Waals surface area contributed by atoms with Crippen molar-refractivity contribution in [1.82, 2.24) is 10.6 Å². The molecule has 7 nitrogen and oxygen atoms in total. The monoisotopic (exact) mass is 302 g/mol. The molecule has 0 aromatic carbocycles. The van der Waals surface area contributed by atoms with Crippen LogP contribution in [-0.2, 0) is 14.3 Å². The van der Waals surface area contributed by atoms with Gasteiger partial charge < -0.3 is 20.5 Å². The van der Waals surface area contributed by atoms with Crippen molar-refractivity contribution < 1.29 is 24.2 Å². The maximum absolute atomic E-state index is 11.8. The number of ether oxygens (including phenoxy) is 1. The molecule has 0 rings (SSSR count). The average molecular weight is 302 g/mol. The van der Waals surface area contributed by atoms with Crippen molar-refractivity contribution in [2.75, 3.05) is 13.7 Å². The van der Waals surface area contributed by atoms with Crippen molar-refractivity contribution in [3.05, 3.63) is 0 Å². The van der Waals surface area contributed by atoms with Crippen molar-refractivity contribution in [3.63, 3.8) is 0 Å². The normalized spacial score (nSPS) is 13.4. The van der Waals surface area contributed by atoms with E-state index in [9.17, 15) is 14.4 Å². The first kappa shape index (κ1) is 19.2. The van der Waals surface area contributed by atoms with Gasteiger partial charge >= 0.3 is 18.0 Å². The van der Waals surface area contributed by atoms with Crippen molar-refractivity contribution >= 4 is 18.0 Å². The molecule has 0 aliphatic heterocycles. The second-order valence-electron chi connectivity index (χ2n) is 5.43. The highest BCUT2D eigenvalue weighted by Crippen LogP contribution is 2.08. The summed E-state index contributed by atoms with van der Waals surface area (Å²) in [6, 6.07) is -1.19. The molecule has 21 heavy (non-hydrogen) atoms. The van der Waals surface area contributed by atoms with Crippen molar-refractivity contribution in [2.45, 2.75) is 46.1 Å². The minimum Gasteiger partial charge on any atom is -0.481 e. The second kappa shape index (κ2) is 10.0. The lowest BCUT2D eigenvalue weighted by Gasteiger charge is -2.20. The molecule has 0 spiro atoms. The average Bonchev–Trinajstić information content (AvgIpc) is 2.40. The van der Waals surface area contributed by atoms with Gasteiger partial charge in [-0.15, -0.1) is 0 Å². The van der Waals surface area contributed by atoms with Gasteiger partial charge in [-0.3, -0.25) is 4.79 Å². The van der Waals surface area contributed by atoms with Crippen LogP contribution in [0.15, 0.2) is 0 Å². The summed E-state index contributed by atoms with van der Waals surface area (Å²) in [4.78, 5) is 34.0. The number of amides is 2. The second-order valence-corrected chi connectivity index (χ2v) is 5.43. The molecule has 3 N–H and O–H groups in total. The van der Waals surface area contributed by atoms with Crippen LogP contribution < -0.4 is 10.6 Å². The lowest BCUT2D eigenvalue weighted by molar-refractivity contribution is -0.143. The van der Waals surface area contributed by atoms with Gasteiger partial charge in [-0.2, -0.15) is 0 Å². The van der Waals surface area contributed by atoms with Crippen LogP contribution in [0.3, 0.4) is 0 Å². The molecule has 0 saturated carbocycles. The Morgan fingerprint density at radius 1 is 1.24 bits per heavy atom. The van der Waals surface area contributed by atoms with Gasteiger partial charge in [-0.1, -0.05) is 27.2 Å². The molecule has 122 valence electrons. The highest BCUT2D eigenvalue weighted by molar-refractivity contribution is 5.83. The minimum atomic E-state index is -0.892. The number of carboxylic acids is 1. The van der Waals surface area contributed by atoms with Crippen LogP contribution in [-0.4, -0.2) is 42.8 Å². The van der Waals surface area contributed by atoms with Gasteiger partial charge in [-0.25, -0.2) is 9.59 Å². The summed E-state index contributed by atoms with van der Waals surface area (Å²) in [5.74, 6) is -1.28. The number of aliphatic carboxylic acids is 1. The van der Waals surface area contributed by atoms with Crippen LogP contribution in [0.5, 0.6) is 0 Å². The molecule has 2 atom stereocenters. The molecule has 0 heterocycles. The number of carbonyl (C=O) groups excluding carboxylic acids is 2. The van der Waals surface area contributed by atoms with Crippen molar-refractivity contribution in [2.24, 2.45) is 11.8 Å². The van der Waals surface area contributed by atoms with E-state index < -0.39 is 24.0 Å².